The van der Waals surface area contributed by atoms with E-state index in [1.165, 1.54) is 43.8 Å². The fourth-order valence-electron chi connectivity index (χ4n) is 5.38. The third kappa shape index (κ3) is 6.64. The first-order valence-corrected chi connectivity index (χ1v) is 13.4. The molecule has 5 heteroatoms. The summed E-state index contributed by atoms with van der Waals surface area (Å²) >= 11 is 0. The van der Waals surface area contributed by atoms with Gasteiger partial charge in [0, 0.05) is 0 Å². The van der Waals surface area contributed by atoms with Crippen molar-refractivity contribution in [2.45, 2.75) is 0 Å². The van der Waals surface area contributed by atoms with Crippen LogP contribution in [0.4, 0.5) is 0 Å². The molecule has 0 unspecified atom stereocenters. The molecule has 0 bridgehead atoms. The Hall–Kier alpha value is -4.05. The summed E-state index contributed by atoms with van der Waals surface area (Å²) in [6, 6.07) is 50.4. The maximum absolute atomic E-state index is 5.49. The summed E-state index contributed by atoms with van der Waals surface area (Å²) < 4.78 is 11.0. The van der Waals surface area contributed by atoms with Crippen LogP contribution in [-0.4, -0.2) is 0 Å². The van der Waals surface area contributed by atoms with Gasteiger partial charge in [-0.25, -0.2) is 0 Å². The van der Waals surface area contributed by atoms with Crippen molar-refractivity contribution in [2.24, 2.45) is 0 Å². The van der Waals surface area contributed by atoms with Gasteiger partial charge in [-0.2, -0.15) is 0 Å². The van der Waals surface area contributed by atoms with Gasteiger partial charge in [0.2, 0.25) is 0 Å². The Balaban J connectivity index is 0.000000184. The molecular weight excluding hydrogens is 607 g/mol. The van der Waals surface area contributed by atoms with Crippen molar-refractivity contribution in [1.29, 1.82) is 0 Å². The van der Waals surface area contributed by atoms with Gasteiger partial charge in [-0.15, -0.1) is 57.9 Å². The van der Waals surface area contributed by atoms with Crippen LogP contribution in [0.2, 0.25) is 0 Å². The van der Waals surface area contributed by atoms with Gasteiger partial charge in [0.05, 0.1) is 24.0 Å². The molecule has 8 aromatic rings. The van der Waals surface area contributed by atoms with E-state index in [0.717, 1.165) is 22.6 Å². The van der Waals surface area contributed by atoms with Crippen LogP contribution in [0.25, 0.3) is 66.4 Å². The topological polar surface area (TPSA) is 26.3 Å². The summed E-state index contributed by atoms with van der Waals surface area (Å²) in [5, 5.41) is 5.03. The van der Waals surface area contributed by atoms with Gasteiger partial charge in [-0.3, -0.25) is 0 Å². The first kappa shape index (κ1) is 31.9. The molecule has 0 fully saturated rings. The summed E-state index contributed by atoms with van der Waals surface area (Å²) in [5.74, 6) is 1.83. The van der Waals surface area contributed by atoms with Crippen LogP contribution in [-0.2, 0) is 21.7 Å². The minimum absolute atomic E-state index is 0. The number of benzene rings is 4. The van der Waals surface area contributed by atoms with Crippen molar-refractivity contribution in [3.63, 3.8) is 0 Å². The molecule has 0 aliphatic rings. The summed E-state index contributed by atoms with van der Waals surface area (Å²) in [6.45, 7) is 0. The average Bonchev–Trinajstić information content (AvgIpc) is 3.83. The van der Waals surface area contributed by atoms with E-state index in [1.54, 1.807) is 12.5 Å². The second-order valence-electron chi connectivity index (χ2n) is 9.79. The Morgan fingerprint density at radius 3 is 1.21 bits per heavy atom. The van der Waals surface area contributed by atoms with Crippen molar-refractivity contribution in [3.05, 3.63) is 158 Å². The minimum Gasteiger partial charge on any atom is -1.00 e. The molecule has 0 radical (unpaired) electrons. The van der Waals surface area contributed by atoms with Crippen LogP contribution in [0.15, 0.2) is 167 Å². The zero-order valence-corrected chi connectivity index (χ0v) is 26.2. The van der Waals surface area contributed by atoms with Crippen LogP contribution in [0.3, 0.4) is 0 Å². The van der Waals surface area contributed by atoms with Gasteiger partial charge in [-0.05, 0) is 23.3 Å². The Labute approximate surface area is 278 Å². The zero-order valence-electron chi connectivity index (χ0n) is 23.1. The monoisotopic (exact) mass is 632 g/mol. The normalized spacial score (nSPS) is 10.2. The molecule has 0 spiro atoms. The fourth-order valence-corrected chi connectivity index (χ4v) is 5.38. The standard InChI is InChI=1S/2C19H13O.2ClH.Ti/c2*1-2-6-14(7-3-1)17-9-4-8-15-12-16(13-18(15)17)19-10-5-11-20-19;;;/h2*1-13H;2*1H;/q2*-1;;;+4/p-2. The molecule has 0 atom stereocenters. The van der Waals surface area contributed by atoms with Gasteiger partial charge in [-0.1, -0.05) is 119 Å². The Morgan fingerprint density at radius 1 is 0.419 bits per heavy atom. The zero-order chi connectivity index (χ0) is 26.7. The largest absolute Gasteiger partial charge is 4.00 e. The molecule has 0 aliphatic heterocycles. The average molecular weight is 633 g/mol. The van der Waals surface area contributed by atoms with Crippen molar-refractivity contribution in [2.75, 3.05) is 0 Å². The number of fused-ring (bicyclic) bond motifs is 2. The molecule has 0 N–H and O–H groups in total. The molecule has 0 aliphatic carbocycles. The Morgan fingerprint density at radius 2 is 0.837 bits per heavy atom. The SMILES string of the molecule is [Cl-].[Cl-].[Ti+4].c1ccc(-c2cccc3[cH-]c(-c4ccco4)cc23)cc1.c1ccc(-c2cccc3[cH-]c(-c4ccco4)cc23)cc1. The Kier molecular flexibility index (Phi) is 10.7. The number of hydrogen-bond donors (Lipinski definition) is 0. The van der Waals surface area contributed by atoms with E-state index in [9.17, 15) is 0 Å². The fraction of sp³-hybridized carbons (Fsp3) is 0. The van der Waals surface area contributed by atoms with E-state index in [-0.39, 0.29) is 46.5 Å². The summed E-state index contributed by atoms with van der Waals surface area (Å²) in [6.07, 6.45) is 3.43. The van der Waals surface area contributed by atoms with Gasteiger partial charge in [0.1, 0.15) is 0 Å². The van der Waals surface area contributed by atoms with E-state index in [1.807, 2.05) is 36.4 Å². The van der Waals surface area contributed by atoms with Gasteiger partial charge in [0.25, 0.3) is 0 Å². The molecule has 0 saturated carbocycles. The van der Waals surface area contributed by atoms with Crippen LogP contribution in [0.1, 0.15) is 0 Å². The van der Waals surface area contributed by atoms with Crippen LogP contribution in [0.5, 0.6) is 0 Å². The molecule has 208 valence electrons. The van der Waals surface area contributed by atoms with Crippen molar-refractivity contribution < 1.29 is 55.4 Å². The number of halogens is 2. The molecule has 43 heavy (non-hydrogen) atoms. The summed E-state index contributed by atoms with van der Waals surface area (Å²) in [5.41, 5.74) is 7.29. The molecule has 8 rings (SSSR count). The predicted molar refractivity (Wildman–Crippen MR) is 165 cm³/mol. The second kappa shape index (κ2) is 14.4. The van der Waals surface area contributed by atoms with Gasteiger partial charge in [0.15, 0.2) is 0 Å². The maximum Gasteiger partial charge on any atom is 4.00 e. The third-order valence-corrected chi connectivity index (χ3v) is 7.28. The van der Waals surface area contributed by atoms with Gasteiger partial charge >= 0.3 is 21.7 Å². The molecule has 2 heterocycles. The number of furan rings is 2. The van der Waals surface area contributed by atoms with Gasteiger partial charge < -0.3 is 33.6 Å². The Bertz CT molecular complexity index is 1840. The molecule has 2 nitrogen and oxygen atoms in total. The van der Waals surface area contributed by atoms with Crippen LogP contribution < -0.4 is 24.8 Å². The summed E-state index contributed by atoms with van der Waals surface area (Å²) in [7, 11) is 0. The molecular formula is C38H26Cl2O2Ti. The van der Waals surface area contributed by atoms with Crippen molar-refractivity contribution in [1.82, 2.24) is 0 Å². The number of hydrogen-bond acceptors (Lipinski definition) is 2. The maximum atomic E-state index is 5.49. The first-order chi connectivity index (χ1) is 19.8. The van der Waals surface area contributed by atoms with Crippen molar-refractivity contribution >= 4 is 21.5 Å². The molecule has 0 saturated heterocycles. The van der Waals surface area contributed by atoms with Crippen molar-refractivity contribution in [3.8, 4) is 44.9 Å². The van der Waals surface area contributed by atoms with E-state index in [0.29, 0.717) is 0 Å². The quantitative estimate of drug-likeness (QED) is 0.202. The molecule has 0 amide bonds. The predicted octanol–water partition coefficient (Wildman–Crippen LogP) is 4.98. The van der Waals surface area contributed by atoms with E-state index in [4.69, 9.17) is 8.83 Å². The van der Waals surface area contributed by atoms with Crippen LogP contribution in [0, 0.1) is 0 Å². The van der Waals surface area contributed by atoms with E-state index >= 15 is 0 Å². The minimum atomic E-state index is 0. The van der Waals surface area contributed by atoms with E-state index in [2.05, 4.69) is 109 Å². The third-order valence-electron chi connectivity index (χ3n) is 7.28. The summed E-state index contributed by atoms with van der Waals surface area (Å²) in [4.78, 5) is 0. The first-order valence-electron chi connectivity index (χ1n) is 13.4. The van der Waals surface area contributed by atoms with Crippen LogP contribution >= 0.6 is 0 Å². The van der Waals surface area contributed by atoms with E-state index < -0.39 is 0 Å². The molecule has 6 aromatic carbocycles. The number of rotatable bonds is 4. The molecule has 2 aromatic heterocycles. The second-order valence-corrected chi connectivity index (χ2v) is 9.79. The smallest absolute Gasteiger partial charge is 1.00 e.